The Hall–Kier alpha value is -2.63. The van der Waals surface area contributed by atoms with Gasteiger partial charge in [-0.2, -0.15) is 5.10 Å². The van der Waals surface area contributed by atoms with Gasteiger partial charge in [0.15, 0.2) is 0 Å². The van der Waals surface area contributed by atoms with E-state index >= 15 is 0 Å². The van der Waals surface area contributed by atoms with Crippen molar-refractivity contribution in [2.75, 3.05) is 13.6 Å². The van der Waals surface area contributed by atoms with Gasteiger partial charge in [-0.25, -0.2) is 4.68 Å². The van der Waals surface area contributed by atoms with Crippen molar-refractivity contribution in [3.05, 3.63) is 47.8 Å². The summed E-state index contributed by atoms with van der Waals surface area (Å²) < 4.78 is 1.73. The molecule has 6 nitrogen and oxygen atoms in total. The number of hydrogen-bond acceptors (Lipinski definition) is 3. The van der Waals surface area contributed by atoms with E-state index in [4.69, 9.17) is 5.11 Å². The number of nitrogens with zero attached hydrogens (tertiary/aromatic N) is 3. The van der Waals surface area contributed by atoms with Crippen molar-refractivity contribution < 1.29 is 14.7 Å². The van der Waals surface area contributed by atoms with Crippen LogP contribution in [0.4, 0.5) is 0 Å². The van der Waals surface area contributed by atoms with E-state index in [1.807, 2.05) is 25.3 Å². The third-order valence-corrected chi connectivity index (χ3v) is 3.10. The first-order valence-electron chi connectivity index (χ1n) is 6.56. The van der Waals surface area contributed by atoms with Gasteiger partial charge in [-0.15, -0.1) is 0 Å². The average Bonchev–Trinajstić information content (AvgIpc) is 2.90. The van der Waals surface area contributed by atoms with Crippen LogP contribution in [-0.2, 0) is 4.79 Å². The number of aromatic nitrogens is 2. The summed E-state index contributed by atoms with van der Waals surface area (Å²) in [5.41, 5.74) is 2.45. The van der Waals surface area contributed by atoms with E-state index in [2.05, 4.69) is 5.10 Å². The van der Waals surface area contributed by atoms with Crippen LogP contribution in [0.1, 0.15) is 22.3 Å². The van der Waals surface area contributed by atoms with Crippen LogP contribution < -0.4 is 0 Å². The largest absolute Gasteiger partial charge is 0.481 e. The van der Waals surface area contributed by atoms with Crippen molar-refractivity contribution in [3.63, 3.8) is 0 Å². The second-order valence-corrected chi connectivity index (χ2v) is 4.88. The first kappa shape index (κ1) is 14.8. The molecule has 0 aliphatic rings. The predicted molar refractivity (Wildman–Crippen MR) is 77.5 cm³/mol. The second kappa shape index (κ2) is 6.21. The topological polar surface area (TPSA) is 75.4 Å². The Morgan fingerprint density at radius 3 is 2.48 bits per heavy atom. The van der Waals surface area contributed by atoms with Crippen LogP contribution in [0.25, 0.3) is 5.69 Å². The molecule has 0 atom stereocenters. The summed E-state index contributed by atoms with van der Waals surface area (Å²) in [4.78, 5) is 24.0. The van der Waals surface area contributed by atoms with Crippen molar-refractivity contribution >= 4 is 11.9 Å². The summed E-state index contributed by atoms with van der Waals surface area (Å²) in [7, 11) is 1.59. The number of carboxylic acid groups (broad SMARTS) is 1. The maximum absolute atomic E-state index is 12.1. The van der Waals surface area contributed by atoms with Crippen LogP contribution in [0.3, 0.4) is 0 Å². The Morgan fingerprint density at radius 1 is 1.29 bits per heavy atom. The monoisotopic (exact) mass is 287 g/mol. The predicted octanol–water partition coefficient (Wildman–Crippen LogP) is 1.73. The average molecular weight is 287 g/mol. The highest BCUT2D eigenvalue weighted by atomic mass is 16.4. The molecule has 6 heteroatoms. The molecular formula is C15H17N3O3. The molecule has 0 aliphatic heterocycles. The highest BCUT2D eigenvalue weighted by molar-refractivity contribution is 5.94. The van der Waals surface area contributed by atoms with E-state index in [1.54, 1.807) is 30.1 Å². The third kappa shape index (κ3) is 3.68. The Morgan fingerprint density at radius 2 is 1.95 bits per heavy atom. The van der Waals surface area contributed by atoms with Crippen LogP contribution in [0.5, 0.6) is 0 Å². The van der Waals surface area contributed by atoms with Crippen LogP contribution in [0.15, 0.2) is 36.7 Å². The van der Waals surface area contributed by atoms with Gasteiger partial charge >= 0.3 is 5.97 Å². The van der Waals surface area contributed by atoms with Gasteiger partial charge in [0.25, 0.3) is 5.91 Å². The molecule has 0 saturated heterocycles. The Balaban J connectivity index is 2.08. The van der Waals surface area contributed by atoms with Gasteiger partial charge in [-0.05, 0) is 36.8 Å². The Kier molecular flexibility index (Phi) is 4.37. The van der Waals surface area contributed by atoms with E-state index in [-0.39, 0.29) is 18.9 Å². The molecule has 0 saturated carbocycles. The quantitative estimate of drug-likeness (QED) is 0.908. The van der Waals surface area contributed by atoms with Crippen LogP contribution in [0.2, 0.25) is 0 Å². The number of hydrogen-bond donors (Lipinski definition) is 1. The van der Waals surface area contributed by atoms with Crippen molar-refractivity contribution in [2.45, 2.75) is 13.3 Å². The molecule has 0 bridgehead atoms. The molecule has 1 aromatic heterocycles. The number of rotatable bonds is 5. The van der Waals surface area contributed by atoms with E-state index < -0.39 is 5.97 Å². The lowest BCUT2D eigenvalue weighted by Crippen LogP contribution is -2.29. The lowest BCUT2D eigenvalue weighted by molar-refractivity contribution is -0.137. The molecule has 0 fully saturated rings. The molecule has 2 aromatic rings. The van der Waals surface area contributed by atoms with Crippen molar-refractivity contribution in [1.82, 2.24) is 14.7 Å². The van der Waals surface area contributed by atoms with E-state index in [1.165, 1.54) is 4.90 Å². The first-order valence-corrected chi connectivity index (χ1v) is 6.56. The molecule has 21 heavy (non-hydrogen) atoms. The molecule has 1 amide bonds. The molecule has 0 unspecified atom stereocenters. The molecule has 0 radical (unpaired) electrons. The molecule has 1 aromatic carbocycles. The zero-order valence-corrected chi connectivity index (χ0v) is 12.0. The number of aryl methyl sites for hydroxylation is 1. The van der Waals surface area contributed by atoms with Crippen molar-refractivity contribution in [3.8, 4) is 5.69 Å². The lowest BCUT2D eigenvalue weighted by atomic mass is 10.2. The van der Waals surface area contributed by atoms with Gasteiger partial charge in [0.1, 0.15) is 0 Å². The third-order valence-electron chi connectivity index (χ3n) is 3.10. The van der Waals surface area contributed by atoms with Crippen LogP contribution in [-0.4, -0.2) is 45.3 Å². The number of carbonyl (C=O) groups is 2. The zero-order valence-electron chi connectivity index (χ0n) is 12.0. The minimum absolute atomic E-state index is 0.0626. The minimum atomic E-state index is -0.918. The summed E-state index contributed by atoms with van der Waals surface area (Å²) in [5.74, 6) is -1.11. The normalized spacial score (nSPS) is 10.4. The zero-order chi connectivity index (χ0) is 15.4. The van der Waals surface area contributed by atoms with Gasteiger partial charge < -0.3 is 10.0 Å². The smallest absolute Gasteiger partial charge is 0.305 e. The summed E-state index contributed by atoms with van der Waals surface area (Å²) in [5, 5.41) is 12.8. The molecular weight excluding hydrogens is 270 g/mol. The van der Waals surface area contributed by atoms with Gasteiger partial charge in [-0.3, -0.25) is 9.59 Å². The molecule has 0 aliphatic carbocycles. The van der Waals surface area contributed by atoms with E-state index in [0.29, 0.717) is 5.56 Å². The summed E-state index contributed by atoms with van der Waals surface area (Å²) in [6.45, 7) is 2.15. The maximum atomic E-state index is 12.1. The fourth-order valence-corrected chi connectivity index (χ4v) is 1.90. The van der Waals surface area contributed by atoms with Crippen LogP contribution >= 0.6 is 0 Å². The number of carbonyl (C=O) groups excluding carboxylic acids is 1. The van der Waals surface area contributed by atoms with Crippen molar-refractivity contribution in [2.24, 2.45) is 0 Å². The van der Waals surface area contributed by atoms with Gasteiger partial charge in [0.2, 0.25) is 0 Å². The molecule has 1 heterocycles. The first-order chi connectivity index (χ1) is 9.97. The fraction of sp³-hybridized carbons (Fsp3) is 0.267. The number of benzene rings is 1. The number of aliphatic carboxylic acids is 1. The minimum Gasteiger partial charge on any atom is -0.481 e. The standard InChI is InChI=1S/C15H17N3O3/c1-11-9-16-18(10-11)13-5-3-12(4-6-13)15(21)17(2)8-7-14(19)20/h3-6,9-10H,7-8H2,1-2H3,(H,19,20). The fourth-order valence-electron chi connectivity index (χ4n) is 1.90. The molecule has 110 valence electrons. The maximum Gasteiger partial charge on any atom is 0.305 e. The Bertz CT molecular complexity index is 646. The number of carboxylic acids is 1. The summed E-state index contributed by atoms with van der Waals surface area (Å²) in [6, 6.07) is 7.05. The second-order valence-electron chi connectivity index (χ2n) is 4.88. The lowest BCUT2D eigenvalue weighted by Gasteiger charge is -2.16. The summed E-state index contributed by atoms with van der Waals surface area (Å²) >= 11 is 0. The highest BCUT2D eigenvalue weighted by Crippen LogP contribution is 2.11. The van der Waals surface area contributed by atoms with Gasteiger partial charge in [0.05, 0.1) is 18.3 Å². The van der Waals surface area contributed by atoms with E-state index in [0.717, 1.165) is 11.3 Å². The molecule has 0 spiro atoms. The number of amides is 1. The van der Waals surface area contributed by atoms with Gasteiger partial charge in [0, 0.05) is 25.4 Å². The van der Waals surface area contributed by atoms with Gasteiger partial charge in [-0.1, -0.05) is 0 Å². The molecule has 2 rings (SSSR count). The molecule has 1 N–H and O–H groups in total. The van der Waals surface area contributed by atoms with E-state index in [9.17, 15) is 9.59 Å². The highest BCUT2D eigenvalue weighted by Gasteiger charge is 2.12. The SMILES string of the molecule is Cc1cnn(-c2ccc(C(=O)N(C)CCC(=O)O)cc2)c1. The van der Waals surface area contributed by atoms with Crippen LogP contribution in [0, 0.1) is 6.92 Å². The Labute approximate surface area is 122 Å². The summed E-state index contributed by atoms with van der Waals surface area (Å²) in [6.07, 6.45) is 3.60. The van der Waals surface area contributed by atoms with Crippen molar-refractivity contribution in [1.29, 1.82) is 0 Å².